The van der Waals surface area contributed by atoms with Gasteiger partial charge in [-0.3, -0.25) is 0 Å². The zero-order chi connectivity index (χ0) is 9.14. The van der Waals surface area contributed by atoms with E-state index in [4.69, 9.17) is 5.73 Å². The first-order chi connectivity index (χ1) is 5.63. The van der Waals surface area contributed by atoms with Crippen LogP contribution in [0.4, 0.5) is 0 Å². The third-order valence-electron chi connectivity index (χ3n) is 2.41. The smallest absolute Gasteiger partial charge is 0.0795 e. The number of nitrogens with two attached hydrogens (primary N) is 1. The van der Waals surface area contributed by atoms with E-state index in [1.165, 1.54) is 0 Å². The van der Waals surface area contributed by atoms with Crippen LogP contribution >= 0.6 is 11.3 Å². The van der Waals surface area contributed by atoms with Crippen LogP contribution in [0, 0.1) is 11.8 Å². The van der Waals surface area contributed by atoms with Crippen molar-refractivity contribution in [2.24, 2.45) is 17.6 Å². The minimum Gasteiger partial charge on any atom is -0.322 e. The second kappa shape index (κ2) is 4.01. The van der Waals surface area contributed by atoms with E-state index in [1.807, 2.05) is 10.9 Å². The zero-order valence-corrected chi connectivity index (χ0v) is 8.64. The summed E-state index contributed by atoms with van der Waals surface area (Å²) < 4.78 is 0. The van der Waals surface area contributed by atoms with E-state index in [2.05, 4.69) is 25.8 Å². The number of aromatic nitrogens is 1. The maximum atomic E-state index is 6.03. The highest BCUT2D eigenvalue weighted by molar-refractivity contribution is 7.07. The summed E-state index contributed by atoms with van der Waals surface area (Å²) in [6.07, 6.45) is 0. The molecule has 68 valence electrons. The van der Waals surface area contributed by atoms with Gasteiger partial charge in [-0.05, 0) is 11.8 Å². The van der Waals surface area contributed by atoms with E-state index < -0.39 is 0 Å². The van der Waals surface area contributed by atoms with Gasteiger partial charge < -0.3 is 5.73 Å². The SMILES string of the molecule is CC(C)C(C)C(N)c1cscn1. The van der Waals surface area contributed by atoms with Gasteiger partial charge in [-0.1, -0.05) is 20.8 Å². The Morgan fingerprint density at radius 1 is 1.42 bits per heavy atom. The third kappa shape index (κ3) is 2.05. The molecule has 0 amide bonds. The highest BCUT2D eigenvalue weighted by atomic mass is 32.1. The monoisotopic (exact) mass is 184 g/mol. The number of nitrogens with zero attached hydrogens (tertiary/aromatic N) is 1. The maximum absolute atomic E-state index is 6.03. The van der Waals surface area contributed by atoms with Crippen molar-refractivity contribution in [3.05, 3.63) is 16.6 Å². The van der Waals surface area contributed by atoms with Crippen LogP contribution in [-0.4, -0.2) is 4.98 Å². The molecule has 2 unspecified atom stereocenters. The van der Waals surface area contributed by atoms with Gasteiger partial charge in [0.15, 0.2) is 0 Å². The van der Waals surface area contributed by atoms with Crippen LogP contribution < -0.4 is 5.73 Å². The fraction of sp³-hybridized carbons (Fsp3) is 0.667. The molecule has 1 aromatic rings. The number of thiazole rings is 1. The summed E-state index contributed by atoms with van der Waals surface area (Å²) in [5.41, 5.74) is 8.89. The Labute approximate surface area is 77.8 Å². The van der Waals surface area contributed by atoms with Gasteiger partial charge in [0.1, 0.15) is 0 Å². The number of rotatable bonds is 3. The second-order valence-electron chi connectivity index (χ2n) is 3.54. The van der Waals surface area contributed by atoms with Gasteiger partial charge in [0.25, 0.3) is 0 Å². The predicted molar refractivity (Wildman–Crippen MR) is 53.0 cm³/mol. The molecule has 1 rings (SSSR count). The summed E-state index contributed by atoms with van der Waals surface area (Å²) in [6.45, 7) is 6.56. The van der Waals surface area contributed by atoms with Crippen molar-refractivity contribution in [3.63, 3.8) is 0 Å². The Morgan fingerprint density at radius 3 is 2.50 bits per heavy atom. The van der Waals surface area contributed by atoms with Crippen molar-refractivity contribution in [3.8, 4) is 0 Å². The predicted octanol–water partition coefficient (Wildman–Crippen LogP) is 2.44. The molecule has 2 N–H and O–H groups in total. The Kier molecular flexibility index (Phi) is 3.23. The fourth-order valence-electron chi connectivity index (χ4n) is 1.07. The molecule has 0 saturated heterocycles. The molecule has 0 aliphatic heterocycles. The molecule has 0 saturated carbocycles. The highest BCUT2D eigenvalue weighted by Gasteiger charge is 2.18. The molecule has 1 heterocycles. The molecule has 2 atom stereocenters. The lowest BCUT2D eigenvalue weighted by atomic mass is 9.89. The van der Waals surface area contributed by atoms with Crippen molar-refractivity contribution >= 4 is 11.3 Å². The van der Waals surface area contributed by atoms with Crippen LogP contribution in [0.3, 0.4) is 0 Å². The summed E-state index contributed by atoms with van der Waals surface area (Å²) in [7, 11) is 0. The average molecular weight is 184 g/mol. The van der Waals surface area contributed by atoms with Gasteiger partial charge in [-0.25, -0.2) is 4.98 Å². The van der Waals surface area contributed by atoms with E-state index in [0.29, 0.717) is 11.8 Å². The molecule has 0 spiro atoms. The van der Waals surface area contributed by atoms with E-state index in [1.54, 1.807) is 11.3 Å². The van der Waals surface area contributed by atoms with Crippen LogP contribution in [0.5, 0.6) is 0 Å². The molecule has 0 radical (unpaired) electrons. The van der Waals surface area contributed by atoms with Gasteiger partial charge in [-0.15, -0.1) is 11.3 Å². The highest BCUT2D eigenvalue weighted by Crippen LogP contribution is 2.24. The topological polar surface area (TPSA) is 38.9 Å². The van der Waals surface area contributed by atoms with Crippen LogP contribution in [0.2, 0.25) is 0 Å². The van der Waals surface area contributed by atoms with Gasteiger partial charge in [0, 0.05) is 5.38 Å². The first kappa shape index (κ1) is 9.68. The molecular weight excluding hydrogens is 168 g/mol. The Bertz CT molecular complexity index is 218. The van der Waals surface area contributed by atoms with Crippen LogP contribution in [0.15, 0.2) is 10.9 Å². The van der Waals surface area contributed by atoms with Crippen LogP contribution in [-0.2, 0) is 0 Å². The van der Waals surface area contributed by atoms with E-state index in [9.17, 15) is 0 Å². The standard InChI is InChI=1S/C9H16N2S/c1-6(2)7(3)9(10)8-4-12-5-11-8/h4-7,9H,10H2,1-3H3. The van der Waals surface area contributed by atoms with Gasteiger partial charge in [0.05, 0.1) is 17.2 Å². The largest absolute Gasteiger partial charge is 0.322 e. The first-order valence-electron chi connectivity index (χ1n) is 4.26. The second-order valence-corrected chi connectivity index (χ2v) is 4.26. The molecule has 12 heavy (non-hydrogen) atoms. The van der Waals surface area contributed by atoms with Gasteiger partial charge in [0.2, 0.25) is 0 Å². The summed E-state index contributed by atoms with van der Waals surface area (Å²) >= 11 is 1.61. The Morgan fingerprint density at radius 2 is 2.08 bits per heavy atom. The quantitative estimate of drug-likeness (QED) is 0.783. The summed E-state index contributed by atoms with van der Waals surface area (Å²) in [5.74, 6) is 1.11. The molecule has 1 aromatic heterocycles. The number of hydrogen-bond acceptors (Lipinski definition) is 3. The Balaban J connectivity index is 2.65. The summed E-state index contributed by atoms with van der Waals surface area (Å²) in [4.78, 5) is 4.21. The molecule has 0 bridgehead atoms. The normalized spacial score (nSPS) is 16.4. The average Bonchev–Trinajstić information content (AvgIpc) is 2.53. The summed E-state index contributed by atoms with van der Waals surface area (Å²) in [5, 5.41) is 2.03. The lowest BCUT2D eigenvalue weighted by molar-refractivity contribution is 0.348. The van der Waals surface area contributed by atoms with E-state index in [0.717, 1.165) is 5.69 Å². The van der Waals surface area contributed by atoms with Crippen molar-refractivity contribution in [2.75, 3.05) is 0 Å². The molecule has 0 aliphatic carbocycles. The van der Waals surface area contributed by atoms with Gasteiger partial charge >= 0.3 is 0 Å². The van der Waals surface area contributed by atoms with E-state index >= 15 is 0 Å². The molecule has 2 nitrogen and oxygen atoms in total. The van der Waals surface area contributed by atoms with E-state index in [-0.39, 0.29) is 6.04 Å². The molecule has 3 heteroatoms. The minimum absolute atomic E-state index is 0.0937. The van der Waals surface area contributed by atoms with Crippen molar-refractivity contribution in [2.45, 2.75) is 26.8 Å². The minimum atomic E-state index is 0.0937. The lowest BCUT2D eigenvalue weighted by Gasteiger charge is -2.21. The molecule has 0 aliphatic rings. The molecular formula is C9H16N2S. The zero-order valence-electron chi connectivity index (χ0n) is 7.82. The maximum Gasteiger partial charge on any atom is 0.0795 e. The van der Waals surface area contributed by atoms with Crippen LogP contribution in [0.1, 0.15) is 32.5 Å². The third-order valence-corrected chi connectivity index (χ3v) is 3.02. The fourth-order valence-corrected chi connectivity index (χ4v) is 1.67. The Hall–Kier alpha value is -0.410. The summed E-state index contributed by atoms with van der Waals surface area (Å²) in [6, 6.07) is 0.0937. The van der Waals surface area contributed by atoms with Crippen molar-refractivity contribution in [1.29, 1.82) is 0 Å². The first-order valence-corrected chi connectivity index (χ1v) is 5.21. The van der Waals surface area contributed by atoms with Crippen LogP contribution in [0.25, 0.3) is 0 Å². The molecule has 0 aromatic carbocycles. The lowest BCUT2D eigenvalue weighted by Crippen LogP contribution is -2.23. The van der Waals surface area contributed by atoms with Crippen molar-refractivity contribution < 1.29 is 0 Å². The number of hydrogen-bond donors (Lipinski definition) is 1. The van der Waals surface area contributed by atoms with Gasteiger partial charge in [-0.2, -0.15) is 0 Å². The van der Waals surface area contributed by atoms with Crippen molar-refractivity contribution in [1.82, 2.24) is 4.98 Å². The molecule has 0 fully saturated rings.